The smallest absolute Gasteiger partial charge is 0.234 e. The van der Waals surface area contributed by atoms with Gasteiger partial charge in [0.05, 0.1) is 31.4 Å². The fraction of sp³-hybridized carbons (Fsp3) is 0.211. The third-order valence-electron chi connectivity index (χ3n) is 4.24. The lowest BCUT2D eigenvalue weighted by Crippen LogP contribution is -2.27. The van der Waals surface area contributed by atoms with E-state index in [4.69, 9.17) is 9.15 Å². The molecule has 0 aliphatic carbocycles. The van der Waals surface area contributed by atoms with E-state index in [9.17, 15) is 4.79 Å². The molecule has 5 nitrogen and oxygen atoms in total. The van der Waals surface area contributed by atoms with E-state index in [1.807, 2.05) is 52.1 Å². The predicted octanol–water partition coefficient (Wildman–Crippen LogP) is 3.85. The van der Waals surface area contributed by atoms with Crippen molar-refractivity contribution in [2.45, 2.75) is 11.9 Å². The first-order valence-corrected chi connectivity index (χ1v) is 9.06. The summed E-state index contributed by atoms with van der Waals surface area (Å²) in [6.07, 6.45) is 5.70. The van der Waals surface area contributed by atoms with Crippen LogP contribution in [0.3, 0.4) is 0 Å². The highest BCUT2D eigenvalue weighted by atomic mass is 32.2. The molecule has 1 fully saturated rings. The van der Waals surface area contributed by atoms with Gasteiger partial charge in [-0.1, -0.05) is 12.1 Å². The van der Waals surface area contributed by atoms with Crippen LogP contribution in [0.15, 0.2) is 65.5 Å². The van der Waals surface area contributed by atoms with Crippen LogP contribution in [0.25, 0.3) is 5.69 Å². The molecule has 128 valence electrons. The van der Waals surface area contributed by atoms with Crippen molar-refractivity contribution >= 4 is 17.7 Å². The summed E-state index contributed by atoms with van der Waals surface area (Å²) in [5.74, 6) is 2.24. The topological polar surface area (TPSA) is 47.6 Å². The third kappa shape index (κ3) is 3.05. The first kappa shape index (κ1) is 15.9. The largest absolute Gasteiger partial charge is 0.495 e. The Morgan fingerprint density at radius 1 is 1.24 bits per heavy atom. The number of carbonyl (C=O) groups excluding carboxylic acids is 1. The van der Waals surface area contributed by atoms with Crippen LogP contribution >= 0.6 is 11.8 Å². The standard InChI is InChI=1S/C19H18N2O3S/c1-23-17-7-3-2-6-16(17)20-9-8-14(11-20)19-21(18(22)13-25-19)12-15-5-4-10-24-15/h2-11,19H,12-13H2,1H3/t19-/m1/s1. The van der Waals surface area contributed by atoms with Crippen molar-refractivity contribution in [2.75, 3.05) is 12.9 Å². The van der Waals surface area contributed by atoms with Crippen molar-refractivity contribution in [3.05, 3.63) is 72.4 Å². The van der Waals surface area contributed by atoms with Crippen LogP contribution in [-0.4, -0.2) is 28.2 Å². The number of amides is 1. The molecule has 0 bridgehead atoms. The van der Waals surface area contributed by atoms with Gasteiger partial charge in [-0.3, -0.25) is 4.79 Å². The van der Waals surface area contributed by atoms with E-state index in [0.717, 1.165) is 22.8 Å². The average molecular weight is 354 g/mol. The van der Waals surface area contributed by atoms with Crippen LogP contribution in [0.1, 0.15) is 16.7 Å². The van der Waals surface area contributed by atoms with Crippen LogP contribution in [0.4, 0.5) is 0 Å². The van der Waals surface area contributed by atoms with Gasteiger partial charge in [-0.2, -0.15) is 0 Å². The molecule has 6 heteroatoms. The molecule has 25 heavy (non-hydrogen) atoms. The number of para-hydroxylation sites is 2. The number of hydrogen-bond acceptors (Lipinski definition) is 4. The molecule has 0 unspecified atom stereocenters. The molecule has 1 aromatic carbocycles. The lowest BCUT2D eigenvalue weighted by molar-refractivity contribution is -0.128. The van der Waals surface area contributed by atoms with Crippen molar-refractivity contribution in [3.63, 3.8) is 0 Å². The summed E-state index contributed by atoms with van der Waals surface area (Å²) in [6.45, 7) is 0.489. The van der Waals surface area contributed by atoms with Gasteiger partial charge in [0, 0.05) is 18.0 Å². The number of furan rings is 1. The molecular weight excluding hydrogens is 336 g/mol. The summed E-state index contributed by atoms with van der Waals surface area (Å²) in [4.78, 5) is 14.2. The quantitative estimate of drug-likeness (QED) is 0.698. The monoisotopic (exact) mass is 354 g/mol. The zero-order chi connectivity index (χ0) is 17.2. The SMILES string of the molecule is COc1ccccc1-n1ccc([C@H]2SCC(=O)N2Cc2ccco2)c1. The Balaban J connectivity index is 1.61. The first-order valence-electron chi connectivity index (χ1n) is 8.01. The molecule has 1 atom stereocenters. The van der Waals surface area contributed by atoms with E-state index in [0.29, 0.717) is 12.3 Å². The second kappa shape index (κ2) is 6.72. The Morgan fingerprint density at radius 2 is 2.12 bits per heavy atom. The molecule has 0 N–H and O–H groups in total. The lowest BCUT2D eigenvalue weighted by Gasteiger charge is -2.22. The highest BCUT2D eigenvalue weighted by Gasteiger charge is 2.33. The number of thioether (sulfide) groups is 1. The normalized spacial score (nSPS) is 17.2. The summed E-state index contributed by atoms with van der Waals surface area (Å²) in [7, 11) is 1.67. The van der Waals surface area contributed by atoms with Crippen molar-refractivity contribution in [1.82, 2.24) is 9.47 Å². The maximum absolute atomic E-state index is 12.3. The predicted molar refractivity (Wildman–Crippen MR) is 96.8 cm³/mol. The highest BCUT2D eigenvalue weighted by molar-refractivity contribution is 8.00. The number of rotatable bonds is 5. The van der Waals surface area contributed by atoms with Gasteiger partial charge in [0.2, 0.25) is 5.91 Å². The Bertz CT molecular complexity index is 872. The minimum absolute atomic E-state index is 0.00597. The van der Waals surface area contributed by atoms with Crippen molar-refractivity contribution in [2.24, 2.45) is 0 Å². The lowest BCUT2D eigenvalue weighted by atomic mass is 10.2. The molecule has 0 radical (unpaired) electrons. The number of aromatic nitrogens is 1. The van der Waals surface area contributed by atoms with Gasteiger partial charge in [0.15, 0.2) is 0 Å². The van der Waals surface area contributed by atoms with E-state index < -0.39 is 0 Å². The fourth-order valence-corrected chi connectivity index (χ4v) is 4.19. The maximum atomic E-state index is 12.3. The van der Waals surface area contributed by atoms with Crippen LogP contribution < -0.4 is 4.74 Å². The third-order valence-corrected chi connectivity index (χ3v) is 5.49. The second-order valence-corrected chi connectivity index (χ2v) is 6.86. The van der Waals surface area contributed by atoms with E-state index in [2.05, 4.69) is 12.3 Å². The summed E-state index contributed by atoms with van der Waals surface area (Å²) >= 11 is 1.64. The molecule has 1 aliphatic rings. The first-order chi connectivity index (χ1) is 12.3. The molecule has 4 rings (SSSR count). The van der Waals surface area contributed by atoms with Crippen LogP contribution in [0.5, 0.6) is 5.75 Å². The number of nitrogens with zero attached hydrogens (tertiary/aromatic N) is 2. The minimum Gasteiger partial charge on any atom is -0.495 e. The molecule has 1 amide bonds. The average Bonchev–Trinajstić information content (AvgIpc) is 3.38. The number of carbonyl (C=O) groups is 1. The molecule has 3 heterocycles. The van der Waals surface area contributed by atoms with E-state index >= 15 is 0 Å². The van der Waals surface area contributed by atoms with Crippen molar-refractivity contribution in [3.8, 4) is 11.4 Å². The van der Waals surface area contributed by atoms with Crippen molar-refractivity contribution in [1.29, 1.82) is 0 Å². The van der Waals surface area contributed by atoms with Gasteiger partial charge < -0.3 is 18.6 Å². The summed E-state index contributed by atoms with van der Waals surface area (Å²) in [5.41, 5.74) is 2.07. The number of methoxy groups -OCH3 is 1. The van der Waals surface area contributed by atoms with Gasteiger partial charge in [-0.25, -0.2) is 0 Å². The molecule has 1 aliphatic heterocycles. The zero-order valence-electron chi connectivity index (χ0n) is 13.8. The maximum Gasteiger partial charge on any atom is 0.234 e. The molecule has 0 spiro atoms. The molecular formula is C19H18N2O3S. The fourth-order valence-electron chi connectivity index (χ4n) is 3.02. The molecule has 1 saturated heterocycles. The molecule has 2 aromatic heterocycles. The van der Waals surface area contributed by atoms with Gasteiger partial charge in [0.25, 0.3) is 0 Å². The van der Waals surface area contributed by atoms with Crippen molar-refractivity contribution < 1.29 is 13.9 Å². The van der Waals surface area contributed by atoms with Gasteiger partial charge >= 0.3 is 0 Å². The van der Waals surface area contributed by atoms with E-state index in [1.54, 1.807) is 25.1 Å². The molecule has 0 saturated carbocycles. The second-order valence-electron chi connectivity index (χ2n) is 5.79. The Labute approximate surface area is 150 Å². The van der Waals surface area contributed by atoms with E-state index in [1.165, 1.54) is 0 Å². The summed E-state index contributed by atoms with van der Waals surface area (Å²) in [6, 6.07) is 13.7. The molecule has 3 aromatic rings. The van der Waals surface area contributed by atoms with E-state index in [-0.39, 0.29) is 11.3 Å². The van der Waals surface area contributed by atoms with Gasteiger partial charge in [-0.15, -0.1) is 11.8 Å². The Morgan fingerprint density at radius 3 is 2.92 bits per heavy atom. The number of ether oxygens (including phenoxy) is 1. The van der Waals surface area contributed by atoms with Gasteiger partial charge in [0.1, 0.15) is 16.9 Å². The number of hydrogen-bond donors (Lipinski definition) is 0. The highest BCUT2D eigenvalue weighted by Crippen LogP contribution is 2.40. The Kier molecular flexibility index (Phi) is 4.28. The number of benzene rings is 1. The zero-order valence-corrected chi connectivity index (χ0v) is 14.6. The minimum atomic E-state index is -0.00597. The van der Waals surface area contributed by atoms with Crippen LogP contribution in [0, 0.1) is 0 Å². The summed E-state index contributed by atoms with van der Waals surface area (Å²) in [5, 5.41) is -0.00597. The summed E-state index contributed by atoms with van der Waals surface area (Å²) < 4.78 is 12.9. The van der Waals surface area contributed by atoms with Gasteiger partial charge in [-0.05, 0) is 30.3 Å². The Hall–Kier alpha value is -2.60. The van der Waals surface area contributed by atoms with Crippen LogP contribution in [-0.2, 0) is 11.3 Å². The van der Waals surface area contributed by atoms with Crippen LogP contribution in [0.2, 0.25) is 0 Å².